The van der Waals surface area contributed by atoms with Crippen molar-refractivity contribution in [2.45, 2.75) is 13.8 Å². The molecule has 3 N–H and O–H groups in total. The molecular weight excluding hydrogens is 264 g/mol. The lowest BCUT2D eigenvalue weighted by molar-refractivity contribution is -0.124. The molecule has 2 heterocycles. The predicted molar refractivity (Wildman–Crippen MR) is 72.3 cm³/mol. The largest absolute Gasteiger partial charge is 0.290 e. The van der Waals surface area contributed by atoms with Crippen LogP contribution in [0.15, 0.2) is 23.6 Å². The highest BCUT2D eigenvalue weighted by Gasteiger charge is 2.13. The van der Waals surface area contributed by atoms with E-state index in [1.54, 1.807) is 31.3 Å². The van der Waals surface area contributed by atoms with Crippen LogP contribution in [0.25, 0.3) is 10.6 Å². The Balaban J connectivity index is 1.99. The molecule has 6 nitrogen and oxygen atoms in total. The number of carbonyl (C=O) groups is 2. The number of thiophene rings is 1. The molecule has 0 aromatic carbocycles. The van der Waals surface area contributed by atoms with Crippen LogP contribution in [0.1, 0.15) is 24.3 Å². The molecule has 2 amide bonds. The molecule has 19 heavy (non-hydrogen) atoms. The Bertz CT molecular complexity index is 574. The summed E-state index contributed by atoms with van der Waals surface area (Å²) in [7, 11) is 0. The number of H-pyrrole nitrogens is 1. The maximum atomic E-state index is 11.7. The number of amides is 2. The van der Waals surface area contributed by atoms with Crippen LogP contribution in [0, 0.1) is 5.92 Å². The van der Waals surface area contributed by atoms with Gasteiger partial charge in [-0.25, -0.2) is 0 Å². The van der Waals surface area contributed by atoms with Crippen molar-refractivity contribution in [1.82, 2.24) is 21.0 Å². The van der Waals surface area contributed by atoms with Crippen LogP contribution in [-0.2, 0) is 4.79 Å². The quantitative estimate of drug-likeness (QED) is 0.744. The topological polar surface area (TPSA) is 86.9 Å². The fraction of sp³-hybridized carbons (Fsp3) is 0.250. The lowest BCUT2D eigenvalue weighted by Gasteiger charge is -2.07. The van der Waals surface area contributed by atoms with E-state index in [2.05, 4.69) is 21.0 Å². The van der Waals surface area contributed by atoms with E-state index < -0.39 is 5.91 Å². The second kappa shape index (κ2) is 5.66. The molecule has 0 saturated carbocycles. The van der Waals surface area contributed by atoms with Crippen LogP contribution in [0.3, 0.4) is 0 Å². The summed E-state index contributed by atoms with van der Waals surface area (Å²) in [4.78, 5) is 24.1. The SMILES string of the molecule is CC(C)C(=O)NNC(=O)c1cc(-c2cccs2)[nH]n1. The lowest BCUT2D eigenvalue weighted by Crippen LogP contribution is -2.43. The monoisotopic (exact) mass is 278 g/mol. The van der Waals surface area contributed by atoms with Gasteiger partial charge in [0.2, 0.25) is 5.91 Å². The van der Waals surface area contributed by atoms with Gasteiger partial charge in [-0.15, -0.1) is 11.3 Å². The fourth-order valence-corrected chi connectivity index (χ4v) is 2.02. The van der Waals surface area contributed by atoms with Crippen LogP contribution in [0.4, 0.5) is 0 Å². The van der Waals surface area contributed by atoms with Crippen molar-refractivity contribution in [2.24, 2.45) is 5.92 Å². The Labute approximate surface area is 114 Å². The van der Waals surface area contributed by atoms with Crippen molar-refractivity contribution in [3.63, 3.8) is 0 Å². The van der Waals surface area contributed by atoms with Crippen molar-refractivity contribution < 1.29 is 9.59 Å². The predicted octanol–water partition coefficient (Wildman–Crippen LogP) is 1.56. The number of carbonyl (C=O) groups excluding carboxylic acids is 2. The molecule has 0 spiro atoms. The maximum absolute atomic E-state index is 11.7. The van der Waals surface area contributed by atoms with Gasteiger partial charge in [-0.3, -0.25) is 25.5 Å². The standard InChI is InChI=1S/C12H14N4O2S/c1-7(2)11(17)15-16-12(18)9-6-8(13-14-9)10-4-3-5-19-10/h3-7H,1-2H3,(H,13,14)(H,15,17)(H,16,18). The molecule has 2 rings (SSSR count). The number of rotatable bonds is 3. The first-order valence-electron chi connectivity index (χ1n) is 5.77. The average molecular weight is 278 g/mol. The molecule has 0 aliphatic heterocycles. The van der Waals surface area contributed by atoms with Gasteiger partial charge in [0, 0.05) is 5.92 Å². The minimum Gasteiger partial charge on any atom is -0.276 e. The summed E-state index contributed by atoms with van der Waals surface area (Å²) in [5, 5.41) is 8.64. The second-order valence-electron chi connectivity index (χ2n) is 4.24. The van der Waals surface area contributed by atoms with Gasteiger partial charge in [0.1, 0.15) is 0 Å². The first-order chi connectivity index (χ1) is 9.08. The molecule has 0 aliphatic rings. The minimum absolute atomic E-state index is 0.193. The highest BCUT2D eigenvalue weighted by molar-refractivity contribution is 7.13. The van der Waals surface area contributed by atoms with Crippen LogP contribution in [0.2, 0.25) is 0 Å². The summed E-state index contributed by atoms with van der Waals surface area (Å²) in [5.74, 6) is -0.892. The lowest BCUT2D eigenvalue weighted by atomic mass is 10.2. The molecule has 0 bridgehead atoms. The van der Waals surface area contributed by atoms with Gasteiger partial charge in [-0.2, -0.15) is 5.10 Å². The number of aromatic amines is 1. The summed E-state index contributed by atoms with van der Waals surface area (Å²) in [6.07, 6.45) is 0. The van der Waals surface area contributed by atoms with Gasteiger partial charge in [0.25, 0.3) is 5.91 Å². The van der Waals surface area contributed by atoms with E-state index in [9.17, 15) is 9.59 Å². The van der Waals surface area contributed by atoms with Crippen molar-refractivity contribution in [2.75, 3.05) is 0 Å². The Hall–Kier alpha value is -2.15. The van der Waals surface area contributed by atoms with Gasteiger partial charge in [0.15, 0.2) is 5.69 Å². The van der Waals surface area contributed by atoms with Gasteiger partial charge < -0.3 is 0 Å². The maximum Gasteiger partial charge on any atom is 0.290 e. The summed E-state index contributed by atoms with van der Waals surface area (Å²) in [6, 6.07) is 5.49. The van der Waals surface area contributed by atoms with Gasteiger partial charge >= 0.3 is 0 Å². The first kappa shape index (κ1) is 13.3. The van der Waals surface area contributed by atoms with Crippen molar-refractivity contribution in [3.05, 3.63) is 29.3 Å². The van der Waals surface area contributed by atoms with E-state index in [0.29, 0.717) is 0 Å². The van der Waals surface area contributed by atoms with E-state index in [4.69, 9.17) is 0 Å². The summed E-state index contributed by atoms with van der Waals surface area (Å²) < 4.78 is 0. The minimum atomic E-state index is -0.451. The van der Waals surface area contributed by atoms with Gasteiger partial charge in [0.05, 0.1) is 10.6 Å². The molecule has 0 fully saturated rings. The molecule has 0 radical (unpaired) electrons. The van der Waals surface area contributed by atoms with E-state index in [1.165, 1.54) is 0 Å². The fourth-order valence-electron chi connectivity index (χ4n) is 1.32. The number of nitrogens with zero attached hydrogens (tertiary/aromatic N) is 1. The first-order valence-corrected chi connectivity index (χ1v) is 6.65. The normalized spacial score (nSPS) is 10.5. The third kappa shape index (κ3) is 3.19. The third-order valence-electron chi connectivity index (χ3n) is 2.42. The second-order valence-corrected chi connectivity index (χ2v) is 5.19. The molecule has 100 valence electrons. The molecule has 2 aromatic rings. The average Bonchev–Trinajstić information content (AvgIpc) is 3.04. The molecular formula is C12H14N4O2S. The smallest absolute Gasteiger partial charge is 0.276 e. The van der Waals surface area contributed by atoms with E-state index in [-0.39, 0.29) is 17.5 Å². The third-order valence-corrected chi connectivity index (χ3v) is 3.32. The highest BCUT2D eigenvalue weighted by atomic mass is 32.1. The zero-order valence-corrected chi connectivity index (χ0v) is 11.4. The summed E-state index contributed by atoms with van der Waals surface area (Å²) >= 11 is 1.55. The van der Waals surface area contributed by atoms with Crippen molar-refractivity contribution in [3.8, 4) is 10.6 Å². The van der Waals surface area contributed by atoms with Crippen LogP contribution in [-0.4, -0.2) is 22.0 Å². The van der Waals surface area contributed by atoms with Gasteiger partial charge in [-0.05, 0) is 17.5 Å². The Morgan fingerprint density at radius 3 is 2.79 bits per heavy atom. The number of hydrogen-bond donors (Lipinski definition) is 3. The molecule has 0 unspecified atom stereocenters. The molecule has 0 aliphatic carbocycles. The van der Waals surface area contributed by atoms with E-state index >= 15 is 0 Å². The number of nitrogens with one attached hydrogen (secondary N) is 3. The van der Waals surface area contributed by atoms with E-state index in [0.717, 1.165) is 10.6 Å². The summed E-state index contributed by atoms with van der Waals surface area (Å²) in [6.45, 7) is 3.48. The zero-order valence-electron chi connectivity index (χ0n) is 10.6. The molecule has 7 heteroatoms. The van der Waals surface area contributed by atoms with Gasteiger partial charge in [-0.1, -0.05) is 19.9 Å². The number of hydrazine groups is 1. The Morgan fingerprint density at radius 2 is 2.16 bits per heavy atom. The highest BCUT2D eigenvalue weighted by Crippen LogP contribution is 2.22. The summed E-state index contributed by atoms with van der Waals surface area (Å²) in [5.41, 5.74) is 5.66. The van der Waals surface area contributed by atoms with Crippen molar-refractivity contribution in [1.29, 1.82) is 0 Å². The van der Waals surface area contributed by atoms with Crippen LogP contribution < -0.4 is 10.9 Å². The Kier molecular flexibility index (Phi) is 3.96. The van der Waals surface area contributed by atoms with Crippen LogP contribution >= 0.6 is 11.3 Å². The molecule has 0 atom stereocenters. The molecule has 2 aromatic heterocycles. The molecule has 0 saturated heterocycles. The number of aromatic nitrogens is 2. The number of hydrogen-bond acceptors (Lipinski definition) is 4. The van der Waals surface area contributed by atoms with E-state index in [1.807, 2.05) is 17.5 Å². The van der Waals surface area contributed by atoms with Crippen LogP contribution in [0.5, 0.6) is 0 Å². The Morgan fingerprint density at radius 1 is 1.37 bits per heavy atom. The zero-order chi connectivity index (χ0) is 13.8. The van der Waals surface area contributed by atoms with Crippen molar-refractivity contribution >= 4 is 23.2 Å².